The van der Waals surface area contributed by atoms with Crippen molar-refractivity contribution in [3.8, 4) is 0 Å². The second-order valence-corrected chi connectivity index (χ2v) is 5.84. The van der Waals surface area contributed by atoms with Crippen LogP contribution in [0, 0.1) is 5.92 Å². The largest absolute Gasteiger partial charge is 0.461 e. The molecule has 0 spiro atoms. The lowest BCUT2D eigenvalue weighted by Crippen LogP contribution is -2.27. The Morgan fingerprint density at radius 1 is 1.68 bits per heavy atom. The molecule has 1 aromatic rings. The molecule has 5 nitrogen and oxygen atoms in total. The second-order valence-electron chi connectivity index (χ2n) is 4.98. The molecule has 0 bridgehead atoms. The van der Waals surface area contributed by atoms with E-state index in [0.717, 1.165) is 31.7 Å². The van der Waals surface area contributed by atoms with Crippen molar-refractivity contribution in [3.63, 3.8) is 0 Å². The van der Waals surface area contributed by atoms with Crippen LogP contribution in [-0.2, 0) is 11.3 Å². The van der Waals surface area contributed by atoms with Crippen LogP contribution in [0.1, 0.15) is 35.8 Å². The summed E-state index contributed by atoms with van der Waals surface area (Å²) in [6, 6.07) is 0.529. The number of rotatable bonds is 5. The fraction of sp³-hybridized carbons (Fsp3) is 0.692. The van der Waals surface area contributed by atoms with Gasteiger partial charge in [0, 0.05) is 24.5 Å². The molecule has 2 rings (SSSR count). The number of ether oxygens (including phenoxy) is 1. The molecule has 2 atom stereocenters. The first-order chi connectivity index (χ1) is 9.13. The van der Waals surface area contributed by atoms with Gasteiger partial charge >= 0.3 is 5.97 Å². The second kappa shape index (κ2) is 6.45. The summed E-state index contributed by atoms with van der Waals surface area (Å²) in [6.45, 7) is 6.94. The van der Waals surface area contributed by atoms with E-state index in [1.54, 1.807) is 6.92 Å². The predicted octanol–water partition coefficient (Wildman–Crippen LogP) is 1.49. The minimum absolute atomic E-state index is 0.326. The van der Waals surface area contributed by atoms with Gasteiger partial charge in [0.2, 0.25) is 5.01 Å². The third-order valence-electron chi connectivity index (χ3n) is 3.49. The van der Waals surface area contributed by atoms with Crippen LogP contribution in [0.4, 0.5) is 0 Å². The standard InChI is InChI=1S/C13H21N3O2S/c1-3-18-13(17)12-15-11(8-19-12)7-16-6-10(5-14)4-9(16)2/h8-10H,3-7,14H2,1-2H3. The highest BCUT2D eigenvalue weighted by molar-refractivity contribution is 7.11. The number of nitrogens with two attached hydrogens (primary N) is 1. The Morgan fingerprint density at radius 2 is 2.47 bits per heavy atom. The van der Waals surface area contributed by atoms with Gasteiger partial charge in [-0.2, -0.15) is 0 Å². The van der Waals surface area contributed by atoms with Crippen molar-refractivity contribution in [1.82, 2.24) is 9.88 Å². The highest BCUT2D eigenvalue weighted by Crippen LogP contribution is 2.24. The van der Waals surface area contributed by atoms with Crippen LogP contribution < -0.4 is 5.73 Å². The number of hydrogen-bond donors (Lipinski definition) is 1. The Balaban J connectivity index is 1.95. The molecule has 0 aromatic carbocycles. The maximum absolute atomic E-state index is 11.6. The molecule has 19 heavy (non-hydrogen) atoms. The van der Waals surface area contributed by atoms with Crippen molar-refractivity contribution in [2.45, 2.75) is 32.9 Å². The number of hydrogen-bond acceptors (Lipinski definition) is 6. The zero-order chi connectivity index (χ0) is 13.8. The molecule has 1 aliphatic heterocycles. The van der Waals surface area contributed by atoms with E-state index in [0.29, 0.717) is 23.6 Å². The number of nitrogens with zero attached hydrogens (tertiary/aromatic N) is 2. The summed E-state index contributed by atoms with van der Waals surface area (Å²) in [5.74, 6) is 0.256. The Hall–Kier alpha value is -0.980. The smallest absolute Gasteiger partial charge is 0.367 e. The molecule has 0 aliphatic carbocycles. The van der Waals surface area contributed by atoms with Gasteiger partial charge < -0.3 is 10.5 Å². The van der Waals surface area contributed by atoms with E-state index in [1.165, 1.54) is 11.3 Å². The molecule has 6 heteroatoms. The van der Waals surface area contributed by atoms with E-state index >= 15 is 0 Å². The normalized spacial score (nSPS) is 23.7. The van der Waals surface area contributed by atoms with Gasteiger partial charge in [-0.3, -0.25) is 4.90 Å². The summed E-state index contributed by atoms with van der Waals surface area (Å²) in [5, 5.41) is 2.38. The van der Waals surface area contributed by atoms with E-state index < -0.39 is 0 Å². The fourth-order valence-electron chi connectivity index (χ4n) is 2.48. The molecule has 0 amide bonds. The first-order valence-electron chi connectivity index (χ1n) is 6.69. The lowest BCUT2D eigenvalue weighted by molar-refractivity contribution is 0.0525. The molecule has 1 fully saturated rings. The van der Waals surface area contributed by atoms with Crippen molar-refractivity contribution in [2.24, 2.45) is 11.7 Å². The number of aromatic nitrogens is 1. The van der Waals surface area contributed by atoms with Crippen LogP contribution in [-0.4, -0.2) is 41.6 Å². The van der Waals surface area contributed by atoms with Crippen LogP contribution in [0.5, 0.6) is 0 Å². The molecule has 0 saturated carbocycles. The van der Waals surface area contributed by atoms with Crippen LogP contribution in [0.25, 0.3) is 0 Å². The van der Waals surface area contributed by atoms with Crippen molar-refractivity contribution in [1.29, 1.82) is 0 Å². The van der Waals surface area contributed by atoms with Gasteiger partial charge in [-0.05, 0) is 32.7 Å². The molecule has 2 unspecified atom stereocenters. The number of thiazole rings is 1. The van der Waals surface area contributed by atoms with E-state index in [1.807, 2.05) is 5.38 Å². The van der Waals surface area contributed by atoms with Crippen LogP contribution in [0.3, 0.4) is 0 Å². The lowest BCUT2D eigenvalue weighted by Gasteiger charge is -2.19. The summed E-state index contributed by atoms with van der Waals surface area (Å²) < 4.78 is 4.95. The topological polar surface area (TPSA) is 68.5 Å². The molecule has 106 valence electrons. The summed E-state index contributed by atoms with van der Waals surface area (Å²) in [5.41, 5.74) is 6.67. The van der Waals surface area contributed by atoms with Gasteiger partial charge in [-0.15, -0.1) is 11.3 Å². The minimum atomic E-state index is -0.326. The van der Waals surface area contributed by atoms with Gasteiger partial charge in [0.25, 0.3) is 0 Å². The first-order valence-corrected chi connectivity index (χ1v) is 7.57. The van der Waals surface area contributed by atoms with Crippen LogP contribution in [0.2, 0.25) is 0 Å². The monoisotopic (exact) mass is 283 g/mol. The van der Waals surface area contributed by atoms with E-state index in [4.69, 9.17) is 10.5 Å². The molecule has 2 heterocycles. The van der Waals surface area contributed by atoms with Gasteiger partial charge in [-0.1, -0.05) is 0 Å². The summed E-state index contributed by atoms with van der Waals surface area (Å²) in [7, 11) is 0. The highest BCUT2D eigenvalue weighted by atomic mass is 32.1. The Labute approximate surface area is 117 Å². The van der Waals surface area contributed by atoms with Crippen molar-refractivity contribution in [2.75, 3.05) is 19.7 Å². The number of esters is 1. The van der Waals surface area contributed by atoms with Gasteiger partial charge in [-0.25, -0.2) is 9.78 Å². The number of carbonyl (C=O) groups excluding carboxylic acids is 1. The van der Waals surface area contributed by atoms with Gasteiger partial charge in [0.05, 0.1) is 12.3 Å². The Bertz CT molecular complexity index is 435. The van der Waals surface area contributed by atoms with E-state index in [9.17, 15) is 4.79 Å². The fourth-order valence-corrected chi connectivity index (χ4v) is 3.18. The molecule has 2 N–H and O–H groups in total. The number of carbonyl (C=O) groups is 1. The Morgan fingerprint density at radius 3 is 3.11 bits per heavy atom. The first kappa shape index (κ1) is 14.4. The summed E-state index contributed by atoms with van der Waals surface area (Å²) in [4.78, 5) is 18.3. The molecular weight excluding hydrogens is 262 g/mol. The molecule has 0 radical (unpaired) electrons. The maximum Gasteiger partial charge on any atom is 0.367 e. The van der Waals surface area contributed by atoms with E-state index in [2.05, 4.69) is 16.8 Å². The third-order valence-corrected chi connectivity index (χ3v) is 4.36. The zero-order valence-corrected chi connectivity index (χ0v) is 12.3. The average Bonchev–Trinajstić information content (AvgIpc) is 2.98. The average molecular weight is 283 g/mol. The molecular formula is C13H21N3O2S. The Kier molecular flexibility index (Phi) is 4.90. The summed E-state index contributed by atoms with van der Waals surface area (Å²) >= 11 is 1.35. The third kappa shape index (κ3) is 3.52. The lowest BCUT2D eigenvalue weighted by atomic mass is 10.1. The van der Waals surface area contributed by atoms with Crippen molar-refractivity contribution >= 4 is 17.3 Å². The molecule has 1 saturated heterocycles. The highest BCUT2D eigenvalue weighted by Gasteiger charge is 2.28. The van der Waals surface area contributed by atoms with Gasteiger partial charge in [0.1, 0.15) is 0 Å². The van der Waals surface area contributed by atoms with Crippen molar-refractivity contribution in [3.05, 3.63) is 16.1 Å². The van der Waals surface area contributed by atoms with E-state index in [-0.39, 0.29) is 5.97 Å². The van der Waals surface area contributed by atoms with Crippen LogP contribution in [0.15, 0.2) is 5.38 Å². The van der Waals surface area contributed by atoms with Crippen LogP contribution >= 0.6 is 11.3 Å². The van der Waals surface area contributed by atoms with Crippen molar-refractivity contribution < 1.29 is 9.53 Å². The molecule has 1 aromatic heterocycles. The quantitative estimate of drug-likeness (QED) is 0.829. The van der Waals surface area contributed by atoms with Gasteiger partial charge in [0.15, 0.2) is 0 Å². The predicted molar refractivity (Wildman–Crippen MR) is 75.1 cm³/mol. The maximum atomic E-state index is 11.6. The summed E-state index contributed by atoms with van der Waals surface area (Å²) in [6.07, 6.45) is 1.14. The molecule has 1 aliphatic rings. The minimum Gasteiger partial charge on any atom is -0.461 e. The number of likely N-dealkylation sites (tertiary alicyclic amines) is 1. The SMILES string of the molecule is CCOC(=O)c1nc(CN2CC(CN)CC2C)cs1. The zero-order valence-electron chi connectivity index (χ0n) is 11.5.